The van der Waals surface area contributed by atoms with Crippen LogP contribution in [0.4, 0.5) is 4.79 Å². The number of ether oxygens (including phenoxy) is 2. The molecule has 0 aliphatic rings. The summed E-state index contributed by atoms with van der Waals surface area (Å²) in [5.41, 5.74) is 0. The van der Waals surface area contributed by atoms with E-state index in [1.54, 1.807) is 0 Å². The molecule has 0 atom stereocenters. The molecule has 0 amide bonds. The molecule has 0 radical (unpaired) electrons. The summed E-state index contributed by atoms with van der Waals surface area (Å²) in [4.78, 5) is 11.0. The zero-order chi connectivity index (χ0) is 11.7. The van der Waals surface area contributed by atoms with E-state index < -0.39 is 6.16 Å². The SMILES string of the molecule is CC(C)CCCCOC(=O)OCC(C)C. The first-order valence-electron chi connectivity index (χ1n) is 5.82. The quantitative estimate of drug-likeness (QED) is 0.481. The van der Waals surface area contributed by atoms with Crippen molar-refractivity contribution in [3.8, 4) is 0 Å². The first-order chi connectivity index (χ1) is 7.02. The molecule has 0 aromatic heterocycles. The van der Waals surface area contributed by atoms with Crippen molar-refractivity contribution in [3.05, 3.63) is 0 Å². The number of hydrogen-bond donors (Lipinski definition) is 0. The summed E-state index contributed by atoms with van der Waals surface area (Å²) in [6.07, 6.45) is 2.68. The second-order valence-corrected chi connectivity index (χ2v) is 4.69. The highest BCUT2D eigenvalue weighted by atomic mass is 16.7. The zero-order valence-corrected chi connectivity index (χ0v) is 10.4. The van der Waals surface area contributed by atoms with E-state index in [-0.39, 0.29) is 0 Å². The monoisotopic (exact) mass is 216 g/mol. The molecule has 0 N–H and O–H groups in total. The van der Waals surface area contributed by atoms with E-state index in [2.05, 4.69) is 13.8 Å². The Morgan fingerprint density at radius 2 is 1.67 bits per heavy atom. The topological polar surface area (TPSA) is 35.5 Å². The van der Waals surface area contributed by atoms with Gasteiger partial charge in [0.2, 0.25) is 0 Å². The van der Waals surface area contributed by atoms with E-state index in [1.807, 2.05) is 13.8 Å². The van der Waals surface area contributed by atoms with E-state index in [1.165, 1.54) is 6.42 Å². The van der Waals surface area contributed by atoms with Crippen LogP contribution in [-0.4, -0.2) is 19.4 Å². The van der Waals surface area contributed by atoms with Gasteiger partial charge < -0.3 is 9.47 Å². The number of carbonyl (C=O) groups is 1. The lowest BCUT2D eigenvalue weighted by Crippen LogP contribution is -2.12. The molecule has 15 heavy (non-hydrogen) atoms. The van der Waals surface area contributed by atoms with E-state index in [0.29, 0.717) is 19.1 Å². The van der Waals surface area contributed by atoms with Crippen LogP contribution < -0.4 is 0 Å². The van der Waals surface area contributed by atoms with Gasteiger partial charge in [0.05, 0.1) is 13.2 Å². The van der Waals surface area contributed by atoms with Crippen LogP contribution in [0.2, 0.25) is 0 Å². The van der Waals surface area contributed by atoms with Gasteiger partial charge in [-0.1, -0.05) is 34.1 Å². The van der Waals surface area contributed by atoms with Crippen LogP contribution in [0.1, 0.15) is 47.0 Å². The van der Waals surface area contributed by atoms with Gasteiger partial charge in [-0.2, -0.15) is 0 Å². The van der Waals surface area contributed by atoms with Gasteiger partial charge in [-0.3, -0.25) is 0 Å². The summed E-state index contributed by atoms with van der Waals surface area (Å²) >= 11 is 0. The molecular weight excluding hydrogens is 192 g/mol. The van der Waals surface area contributed by atoms with Gasteiger partial charge in [-0.15, -0.1) is 0 Å². The van der Waals surface area contributed by atoms with Crippen LogP contribution in [0.5, 0.6) is 0 Å². The highest BCUT2D eigenvalue weighted by molar-refractivity contribution is 5.59. The normalized spacial score (nSPS) is 10.8. The lowest BCUT2D eigenvalue weighted by Gasteiger charge is -2.08. The average Bonchev–Trinajstić information content (AvgIpc) is 2.13. The van der Waals surface area contributed by atoms with Crippen LogP contribution in [0, 0.1) is 11.8 Å². The van der Waals surface area contributed by atoms with Gasteiger partial charge in [0.25, 0.3) is 0 Å². The van der Waals surface area contributed by atoms with Gasteiger partial charge in [0, 0.05) is 0 Å². The summed E-state index contributed by atoms with van der Waals surface area (Å²) in [5, 5.41) is 0. The Hall–Kier alpha value is -0.730. The smallest absolute Gasteiger partial charge is 0.434 e. The standard InChI is InChI=1S/C12H24O3/c1-10(2)7-5-6-8-14-12(13)15-9-11(3)4/h10-11H,5-9H2,1-4H3. The second kappa shape index (κ2) is 8.57. The summed E-state index contributed by atoms with van der Waals surface area (Å²) in [7, 11) is 0. The van der Waals surface area contributed by atoms with Crippen molar-refractivity contribution in [3.63, 3.8) is 0 Å². The Morgan fingerprint density at radius 3 is 2.20 bits per heavy atom. The van der Waals surface area contributed by atoms with E-state index in [0.717, 1.165) is 18.8 Å². The van der Waals surface area contributed by atoms with Crippen molar-refractivity contribution in [2.75, 3.05) is 13.2 Å². The first kappa shape index (κ1) is 14.3. The predicted octanol–water partition coefficient (Wildman–Crippen LogP) is 3.62. The minimum Gasteiger partial charge on any atom is -0.434 e. The maximum Gasteiger partial charge on any atom is 0.508 e. The summed E-state index contributed by atoms with van der Waals surface area (Å²) in [6, 6.07) is 0. The van der Waals surface area contributed by atoms with Crippen LogP contribution in [0.25, 0.3) is 0 Å². The molecule has 0 saturated heterocycles. The molecule has 0 fully saturated rings. The molecule has 3 nitrogen and oxygen atoms in total. The third-order valence-electron chi connectivity index (χ3n) is 1.93. The third-order valence-corrected chi connectivity index (χ3v) is 1.93. The lowest BCUT2D eigenvalue weighted by molar-refractivity contribution is 0.0464. The van der Waals surface area contributed by atoms with Gasteiger partial charge in [0.1, 0.15) is 0 Å². The number of rotatable bonds is 7. The van der Waals surface area contributed by atoms with Gasteiger partial charge in [-0.05, 0) is 24.7 Å². The van der Waals surface area contributed by atoms with Crippen molar-refractivity contribution < 1.29 is 14.3 Å². The van der Waals surface area contributed by atoms with Crippen molar-refractivity contribution in [2.45, 2.75) is 47.0 Å². The van der Waals surface area contributed by atoms with Gasteiger partial charge in [-0.25, -0.2) is 4.79 Å². The molecule has 0 spiro atoms. The Bertz CT molecular complexity index is 164. The van der Waals surface area contributed by atoms with Crippen LogP contribution >= 0.6 is 0 Å². The average molecular weight is 216 g/mol. The maximum atomic E-state index is 11.0. The third kappa shape index (κ3) is 11.2. The summed E-state index contributed by atoms with van der Waals surface area (Å²) in [5.74, 6) is 1.08. The largest absolute Gasteiger partial charge is 0.508 e. The molecule has 3 heteroatoms. The zero-order valence-electron chi connectivity index (χ0n) is 10.4. The van der Waals surface area contributed by atoms with Crippen molar-refractivity contribution in [2.24, 2.45) is 11.8 Å². The maximum absolute atomic E-state index is 11.0. The second-order valence-electron chi connectivity index (χ2n) is 4.69. The van der Waals surface area contributed by atoms with Crippen molar-refractivity contribution >= 4 is 6.16 Å². The van der Waals surface area contributed by atoms with Crippen LogP contribution in [-0.2, 0) is 9.47 Å². The van der Waals surface area contributed by atoms with Crippen LogP contribution in [0.3, 0.4) is 0 Å². The summed E-state index contributed by atoms with van der Waals surface area (Å²) in [6.45, 7) is 9.29. The number of carbonyl (C=O) groups excluding carboxylic acids is 1. The fraction of sp³-hybridized carbons (Fsp3) is 0.917. The van der Waals surface area contributed by atoms with E-state index in [9.17, 15) is 4.79 Å². The molecule has 90 valence electrons. The van der Waals surface area contributed by atoms with E-state index >= 15 is 0 Å². The molecule has 0 aromatic rings. The summed E-state index contributed by atoms with van der Waals surface area (Å²) < 4.78 is 9.78. The number of hydrogen-bond acceptors (Lipinski definition) is 3. The first-order valence-corrected chi connectivity index (χ1v) is 5.82. The fourth-order valence-corrected chi connectivity index (χ4v) is 1.09. The Kier molecular flexibility index (Phi) is 8.15. The predicted molar refractivity (Wildman–Crippen MR) is 60.8 cm³/mol. The Balaban J connectivity index is 3.24. The minimum absolute atomic E-state index is 0.360. The molecular formula is C12H24O3. The lowest BCUT2D eigenvalue weighted by atomic mass is 10.1. The molecule has 0 saturated carbocycles. The molecule has 0 unspecified atom stereocenters. The molecule has 0 aliphatic heterocycles. The molecule has 0 bridgehead atoms. The molecule has 0 aliphatic carbocycles. The molecule has 0 aromatic carbocycles. The van der Waals surface area contributed by atoms with Crippen molar-refractivity contribution in [1.82, 2.24) is 0 Å². The Labute approximate surface area is 93.1 Å². The molecule has 0 heterocycles. The number of unbranched alkanes of at least 4 members (excludes halogenated alkanes) is 1. The highest BCUT2D eigenvalue weighted by Crippen LogP contribution is 2.06. The highest BCUT2D eigenvalue weighted by Gasteiger charge is 2.04. The van der Waals surface area contributed by atoms with Crippen LogP contribution in [0.15, 0.2) is 0 Å². The Morgan fingerprint density at radius 1 is 1.00 bits per heavy atom. The molecule has 0 rings (SSSR count). The minimum atomic E-state index is -0.534. The fourth-order valence-electron chi connectivity index (χ4n) is 1.09. The van der Waals surface area contributed by atoms with E-state index in [4.69, 9.17) is 9.47 Å². The van der Waals surface area contributed by atoms with Crippen molar-refractivity contribution in [1.29, 1.82) is 0 Å². The van der Waals surface area contributed by atoms with Gasteiger partial charge >= 0.3 is 6.16 Å². The van der Waals surface area contributed by atoms with Gasteiger partial charge in [0.15, 0.2) is 0 Å².